The number of nitrogens with two attached hydrogens (primary N) is 1. The molecule has 1 rings (SSSR count). The minimum Gasteiger partial charge on any atom is -0.462 e. The molecular formula is C14H24N4O2. The second kappa shape index (κ2) is 8.37. The summed E-state index contributed by atoms with van der Waals surface area (Å²) in [4.78, 5) is 18.1. The van der Waals surface area contributed by atoms with Crippen molar-refractivity contribution in [2.24, 2.45) is 0 Å². The molecule has 0 saturated carbocycles. The summed E-state index contributed by atoms with van der Waals surface area (Å²) in [6, 6.07) is 1.59. The number of rotatable bonds is 8. The first-order valence-corrected chi connectivity index (χ1v) is 6.85. The van der Waals surface area contributed by atoms with Gasteiger partial charge in [-0.2, -0.15) is 0 Å². The summed E-state index contributed by atoms with van der Waals surface area (Å²) in [5.41, 5.74) is 6.51. The van der Waals surface area contributed by atoms with E-state index in [1.54, 1.807) is 13.0 Å². The van der Waals surface area contributed by atoms with Crippen molar-refractivity contribution in [1.29, 1.82) is 0 Å². The number of carbonyl (C=O) groups excluding carboxylic acids is 1. The van der Waals surface area contributed by atoms with Crippen LogP contribution < -0.4 is 11.1 Å². The number of ether oxygens (including phenoxy) is 1. The summed E-state index contributed by atoms with van der Waals surface area (Å²) < 4.78 is 5.00. The number of unbranched alkanes of at least 4 members (excludes halogenated alkanes) is 1. The fourth-order valence-corrected chi connectivity index (χ4v) is 1.75. The number of aromatic nitrogens is 1. The Labute approximate surface area is 120 Å². The molecule has 1 aromatic rings. The fourth-order valence-electron chi connectivity index (χ4n) is 1.75. The molecule has 0 spiro atoms. The molecule has 0 aliphatic carbocycles. The number of pyridine rings is 1. The normalized spacial score (nSPS) is 10.6. The lowest BCUT2D eigenvalue weighted by Crippen LogP contribution is -2.15. The zero-order chi connectivity index (χ0) is 15.0. The standard InChI is InChI=1S/C14H24N4O2/c1-4-20-14(19)12-9-11(15)10-17-13(12)16-7-5-6-8-18(2)3/h9-10H,4-8,15H2,1-3H3,(H,16,17). The maximum Gasteiger partial charge on any atom is 0.341 e. The van der Waals surface area contributed by atoms with Gasteiger partial charge in [-0.05, 0) is 46.5 Å². The highest BCUT2D eigenvalue weighted by Gasteiger charge is 2.14. The van der Waals surface area contributed by atoms with E-state index in [0.29, 0.717) is 23.7 Å². The molecule has 0 aliphatic rings. The first-order chi connectivity index (χ1) is 9.54. The van der Waals surface area contributed by atoms with E-state index in [-0.39, 0.29) is 0 Å². The quantitative estimate of drug-likeness (QED) is 0.556. The van der Waals surface area contributed by atoms with Gasteiger partial charge in [0.15, 0.2) is 0 Å². The van der Waals surface area contributed by atoms with Gasteiger partial charge in [0.25, 0.3) is 0 Å². The molecule has 0 aliphatic heterocycles. The van der Waals surface area contributed by atoms with Crippen LogP contribution in [0.2, 0.25) is 0 Å². The van der Waals surface area contributed by atoms with Gasteiger partial charge in [0.05, 0.1) is 18.5 Å². The molecule has 0 bridgehead atoms. The van der Waals surface area contributed by atoms with Gasteiger partial charge in [0.1, 0.15) is 11.4 Å². The van der Waals surface area contributed by atoms with Gasteiger partial charge in [0.2, 0.25) is 0 Å². The second-order valence-electron chi connectivity index (χ2n) is 4.82. The third kappa shape index (κ3) is 5.44. The number of esters is 1. The van der Waals surface area contributed by atoms with Gasteiger partial charge < -0.3 is 20.7 Å². The van der Waals surface area contributed by atoms with E-state index in [1.807, 2.05) is 14.1 Å². The first-order valence-electron chi connectivity index (χ1n) is 6.85. The molecule has 0 aromatic carbocycles. The summed E-state index contributed by atoms with van der Waals surface area (Å²) >= 11 is 0. The molecular weight excluding hydrogens is 256 g/mol. The van der Waals surface area contributed by atoms with Gasteiger partial charge in [0, 0.05) is 6.54 Å². The van der Waals surface area contributed by atoms with Crippen LogP contribution >= 0.6 is 0 Å². The third-order valence-electron chi connectivity index (χ3n) is 2.73. The van der Waals surface area contributed by atoms with E-state index < -0.39 is 5.97 Å². The number of anilines is 2. The van der Waals surface area contributed by atoms with Crippen LogP contribution in [0, 0.1) is 0 Å². The number of hydrogen-bond acceptors (Lipinski definition) is 6. The van der Waals surface area contributed by atoms with Crippen molar-refractivity contribution in [2.45, 2.75) is 19.8 Å². The van der Waals surface area contributed by atoms with E-state index in [4.69, 9.17) is 10.5 Å². The molecule has 0 atom stereocenters. The van der Waals surface area contributed by atoms with E-state index in [9.17, 15) is 4.79 Å². The Morgan fingerprint density at radius 1 is 1.45 bits per heavy atom. The Balaban J connectivity index is 2.58. The molecule has 0 unspecified atom stereocenters. The maximum atomic E-state index is 11.8. The van der Waals surface area contributed by atoms with Crippen LogP contribution in [0.25, 0.3) is 0 Å². The van der Waals surface area contributed by atoms with Gasteiger partial charge in [-0.1, -0.05) is 0 Å². The molecule has 0 fully saturated rings. The minimum atomic E-state index is -0.400. The molecule has 1 heterocycles. The molecule has 0 amide bonds. The van der Waals surface area contributed by atoms with Crippen molar-refractivity contribution in [3.05, 3.63) is 17.8 Å². The van der Waals surface area contributed by atoms with Crippen LogP contribution in [-0.4, -0.2) is 49.6 Å². The Morgan fingerprint density at radius 3 is 2.85 bits per heavy atom. The molecule has 3 N–H and O–H groups in total. The number of carbonyl (C=O) groups is 1. The van der Waals surface area contributed by atoms with Crippen LogP contribution in [0.4, 0.5) is 11.5 Å². The summed E-state index contributed by atoms with van der Waals surface area (Å²) in [5.74, 6) is 0.130. The molecule has 112 valence electrons. The van der Waals surface area contributed by atoms with Crippen molar-refractivity contribution in [1.82, 2.24) is 9.88 Å². The lowest BCUT2D eigenvalue weighted by Gasteiger charge is -2.12. The second-order valence-corrected chi connectivity index (χ2v) is 4.82. The van der Waals surface area contributed by atoms with E-state index in [0.717, 1.165) is 25.9 Å². The zero-order valence-corrected chi connectivity index (χ0v) is 12.5. The maximum absolute atomic E-state index is 11.8. The summed E-state index contributed by atoms with van der Waals surface area (Å²) in [6.45, 7) is 3.90. The van der Waals surface area contributed by atoms with Crippen LogP contribution in [0.5, 0.6) is 0 Å². The molecule has 0 radical (unpaired) electrons. The van der Waals surface area contributed by atoms with Crippen molar-refractivity contribution in [3.8, 4) is 0 Å². The highest BCUT2D eigenvalue weighted by atomic mass is 16.5. The van der Waals surface area contributed by atoms with Crippen molar-refractivity contribution < 1.29 is 9.53 Å². The Bertz CT molecular complexity index is 435. The smallest absolute Gasteiger partial charge is 0.341 e. The van der Waals surface area contributed by atoms with Gasteiger partial charge in [-0.3, -0.25) is 0 Å². The minimum absolute atomic E-state index is 0.329. The average molecular weight is 280 g/mol. The van der Waals surface area contributed by atoms with E-state index >= 15 is 0 Å². The highest BCUT2D eigenvalue weighted by molar-refractivity contribution is 5.95. The Morgan fingerprint density at radius 2 is 2.20 bits per heavy atom. The number of hydrogen-bond donors (Lipinski definition) is 2. The topological polar surface area (TPSA) is 80.5 Å². The summed E-state index contributed by atoms with van der Waals surface area (Å²) in [7, 11) is 4.10. The molecule has 6 nitrogen and oxygen atoms in total. The lowest BCUT2D eigenvalue weighted by atomic mass is 10.2. The van der Waals surface area contributed by atoms with Gasteiger partial charge in [-0.15, -0.1) is 0 Å². The highest BCUT2D eigenvalue weighted by Crippen LogP contribution is 2.16. The summed E-state index contributed by atoms with van der Waals surface area (Å²) in [6.07, 6.45) is 3.63. The predicted molar refractivity (Wildman–Crippen MR) is 80.9 cm³/mol. The summed E-state index contributed by atoms with van der Waals surface area (Å²) in [5, 5.41) is 3.17. The van der Waals surface area contributed by atoms with E-state index in [1.165, 1.54) is 6.20 Å². The third-order valence-corrected chi connectivity index (χ3v) is 2.73. The zero-order valence-electron chi connectivity index (χ0n) is 12.5. The number of nitrogens with zero attached hydrogens (tertiary/aromatic N) is 2. The fraction of sp³-hybridized carbons (Fsp3) is 0.571. The first kappa shape index (κ1) is 16.2. The SMILES string of the molecule is CCOC(=O)c1cc(N)cnc1NCCCCN(C)C. The lowest BCUT2D eigenvalue weighted by molar-refractivity contribution is 0.0527. The molecule has 0 saturated heterocycles. The molecule has 20 heavy (non-hydrogen) atoms. The van der Waals surface area contributed by atoms with E-state index in [2.05, 4.69) is 15.2 Å². The predicted octanol–water partition coefficient (Wildman–Crippen LogP) is 1.59. The van der Waals surface area contributed by atoms with Gasteiger partial charge >= 0.3 is 5.97 Å². The molecule has 1 aromatic heterocycles. The monoisotopic (exact) mass is 280 g/mol. The van der Waals surface area contributed by atoms with Crippen molar-refractivity contribution in [3.63, 3.8) is 0 Å². The largest absolute Gasteiger partial charge is 0.462 e. The number of nitrogen functional groups attached to an aromatic ring is 1. The average Bonchev–Trinajstić information content (AvgIpc) is 2.39. The number of nitrogens with one attached hydrogen (secondary N) is 1. The van der Waals surface area contributed by atoms with Crippen molar-refractivity contribution in [2.75, 3.05) is 44.8 Å². The van der Waals surface area contributed by atoms with Gasteiger partial charge in [-0.25, -0.2) is 9.78 Å². The van der Waals surface area contributed by atoms with Crippen LogP contribution in [-0.2, 0) is 4.74 Å². The van der Waals surface area contributed by atoms with Crippen molar-refractivity contribution >= 4 is 17.5 Å². The van der Waals surface area contributed by atoms with Crippen LogP contribution in [0.15, 0.2) is 12.3 Å². The molecule has 6 heteroatoms. The van der Waals surface area contributed by atoms with Crippen LogP contribution in [0.3, 0.4) is 0 Å². The Kier molecular flexibility index (Phi) is 6.79. The van der Waals surface area contributed by atoms with Crippen LogP contribution in [0.1, 0.15) is 30.1 Å². The Hall–Kier alpha value is -1.82.